The number of methoxy groups -OCH3 is 1. The summed E-state index contributed by atoms with van der Waals surface area (Å²) >= 11 is 5.82. The third kappa shape index (κ3) is 7.54. The van der Waals surface area contributed by atoms with E-state index >= 15 is 0 Å². The van der Waals surface area contributed by atoms with Gasteiger partial charge in [0.05, 0.1) is 6.54 Å². The van der Waals surface area contributed by atoms with Gasteiger partial charge in [0.15, 0.2) is 0 Å². The zero-order chi connectivity index (χ0) is 13.9. The first kappa shape index (κ1) is 15.6. The lowest BCUT2D eigenvalue weighted by molar-refractivity contribution is 0.193. The summed E-state index contributed by atoms with van der Waals surface area (Å²) in [4.78, 5) is 11.3. The Morgan fingerprint density at radius 1 is 1.26 bits per heavy atom. The van der Waals surface area contributed by atoms with E-state index in [1.807, 2.05) is 12.1 Å². The monoisotopic (exact) mass is 286 g/mol. The first-order valence-electron chi connectivity index (χ1n) is 6.11. The molecule has 2 amide bonds. The Morgan fingerprint density at radius 2 is 2.05 bits per heavy atom. The van der Waals surface area contributed by atoms with Crippen LogP contribution in [0.25, 0.3) is 0 Å². The lowest BCUT2D eigenvalue weighted by atomic mass is 10.3. The van der Waals surface area contributed by atoms with E-state index in [1.54, 1.807) is 19.2 Å². The van der Waals surface area contributed by atoms with Crippen LogP contribution in [0.15, 0.2) is 24.3 Å². The molecule has 0 atom stereocenters. The van der Waals surface area contributed by atoms with Crippen molar-refractivity contribution in [3.8, 4) is 5.75 Å². The summed E-state index contributed by atoms with van der Waals surface area (Å²) in [6.07, 6.45) is 0.795. The molecule has 0 bridgehead atoms. The number of benzene rings is 1. The van der Waals surface area contributed by atoms with Crippen LogP contribution in [0, 0.1) is 0 Å². The number of ether oxygens (including phenoxy) is 2. The second kappa shape index (κ2) is 9.47. The Kier molecular flexibility index (Phi) is 7.77. The second-order valence-electron chi connectivity index (χ2n) is 3.83. The summed E-state index contributed by atoms with van der Waals surface area (Å²) in [5.41, 5.74) is 0. The largest absolute Gasteiger partial charge is 0.492 e. The van der Waals surface area contributed by atoms with Gasteiger partial charge in [-0.05, 0) is 24.6 Å². The molecule has 106 valence electrons. The highest BCUT2D eigenvalue weighted by molar-refractivity contribution is 6.30. The van der Waals surface area contributed by atoms with Crippen molar-refractivity contribution < 1.29 is 14.3 Å². The Bertz CT molecular complexity index is 388. The molecule has 1 aromatic rings. The first-order chi connectivity index (χ1) is 9.22. The number of carbonyl (C=O) groups excluding carboxylic acids is 1. The van der Waals surface area contributed by atoms with E-state index in [0.717, 1.165) is 6.42 Å². The number of carbonyl (C=O) groups is 1. The van der Waals surface area contributed by atoms with Gasteiger partial charge < -0.3 is 20.1 Å². The minimum Gasteiger partial charge on any atom is -0.492 e. The quantitative estimate of drug-likeness (QED) is 0.719. The summed E-state index contributed by atoms with van der Waals surface area (Å²) in [5, 5.41) is 6.04. The Labute approximate surface area is 118 Å². The molecular formula is C13H19ClN2O3. The summed E-state index contributed by atoms with van der Waals surface area (Å²) in [6, 6.07) is 6.93. The van der Waals surface area contributed by atoms with Crippen LogP contribution in [0.2, 0.25) is 5.02 Å². The van der Waals surface area contributed by atoms with Gasteiger partial charge in [-0.25, -0.2) is 4.79 Å². The Morgan fingerprint density at radius 3 is 2.79 bits per heavy atom. The second-order valence-corrected chi connectivity index (χ2v) is 4.27. The highest BCUT2D eigenvalue weighted by Crippen LogP contribution is 2.16. The van der Waals surface area contributed by atoms with E-state index < -0.39 is 0 Å². The number of hydrogen-bond donors (Lipinski definition) is 2. The van der Waals surface area contributed by atoms with Gasteiger partial charge in [-0.1, -0.05) is 17.7 Å². The molecule has 2 N–H and O–H groups in total. The topological polar surface area (TPSA) is 59.6 Å². The molecule has 1 rings (SSSR count). The van der Waals surface area contributed by atoms with Crippen molar-refractivity contribution in [3.63, 3.8) is 0 Å². The number of nitrogens with one attached hydrogen (secondary N) is 2. The number of hydrogen-bond acceptors (Lipinski definition) is 3. The lowest BCUT2D eigenvalue weighted by Gasteiger charge is -2.09. The van der Waals surface area contributed by atoms with Crippen LogP contribution < -0.4 is 15.4 Å². The van der Waals surface area contributed by atoms with Crippen molar-refractivity contribution in [3.05, 3.63) is 29.3 Å². The molecule has 0 heterocycles. The smallest absolute Gasteiger partial charge is 0.314 e. The lowest BCUT2D eigenvalue weighted by Crippen LogP contribution is -2.38. The standard InChI is InChI=1S/C13H19ClN2O3/c1-18-8-3-6-15-13(17)16-7-9-19-12-5-2-4-11(14)10-12/h2,4-5,10H,3,6-9H2,1H3,(H2,15,16,17). The highest BCUT2D eigenvalue weighted by atomic mass is 35.5. The van der Waals surface area contributed by atoms with E-state index in [-0.39, 0.29) is 6.03 Å². The minimum atomic E-state index is -0.203. The fraction of sp³-hybridized carbons (Fsp3) is 0.462. The molecule has 0 saturated heterocycles. The number of halogens is 1. The number of urea groups is 1. The van der Waals surface area contributed by atoms with Crippen molar-refractivity contribution >= 4 is 17.6 Å². The fourth-order valence-corrected chi connectivity index (χ4v) is 1.55. The van der Waals surface area contributed by atoms with Crippen molar-refractivity contribution in [2.45, 2.75) is 6.42 Å². The zero-order valence-corrected chi connectivity index (χ0v) is 11.7. The molecule has 5 nitrogen and oxygen atoms in total. The van der Waals surface area contributed by atoms with Gasteiger partial charge in [0.1, 0.15) is 12.4 Å². The molecule has 1 aromatic carbocycles. The molecule has 0 aliphatic heterocycles. The van der Waals surface area contributed by atoms with E-state index in [4.69, 9.17) is 21.1 Å². The molecule has 0 fully saturated rings. The third-order valence-electron chi connectivity index (χ3n) is 2.26. The highest BCUT2D eigenvalue weighted by Gasteiger charge is 1.99. The fourth-order valence-electron chi connectivity index (χ4n) is 1.37. The van der Waals surface area contributed by atoms with E-state index in [0.29, 0.717) is 37.1 Å². The van der Waals surface area contributed by atoms with E-state index in [2.05, 4.69) is 10.6 Å². The predicted molar refractivity (Wildman–Crippen MR) is 74.8 cm³/mol. The van der Waals surface area contributed by atoms with Crippen LogP contribution in [0.3, 0.4) is 0 Å². The molecule has 6 heteroatoms. The molecule has 0 radical (unpaired) electrons. The van der Waals surface area contributed by atoms with Gasteiger partial charge in [0.2, 0.25) is 0 Å². The van der Waals surface area contributed by atoms with Gasteiger partial charge in [0, 0.05) is 25.3 Å². The van der Waals surface area contributed by atoms with Crippen LogP contribution in [-0.2, 0) is 4.74 Å². The van der Waals surface area contributed by atoms with E-state index in [1.165, 1.54) is 0 Å². The molecule has 0 aliphatic rings. The molecule has 19 heavy (non-hydrogen) atoms. The Hall–Kier alpha value is -1.46. The zero-order valence-electron chi connectivity index (χ0n) is 10.9. The van der Waals surface area contributed by atoms with Crippen LogP contribution >= 0.6 is 11.6 Å². The van der Waals surface area contributed by atoms with Crippen LogP contribution in [0.4, 0.5) is 4.79 Å². The molecule has 0 saturated carbocycles. The summed E-state index contributed by atoms with van der Waals surface area (Å²) < 4.78 is 10.3. The van der Waals surface area contributed by atoms with Gasteiger partial charge in [-0.2, -0.15) is 0 Å². The van der Waals surface area contributed by atoms with E-state index in [9.17, 15) is 4.79 Å². The maximum Gasteiger partial charge on any atom is 0.314 e. The first-order valence-corrected chi connectivity index (χ1v) is 6.49. The molecular weight excluding hydrogens is 268 g/mol. The summed E-state index contributed by atoms with van der Waals surface area (Å²) in [6.45, 7) is 2.06. The van der Waals surface area contributed by atoms with Gasteiger partial charge >= 0.3 is 6.03 Å². The number of rotatable bonds is 8. The maximum atomic E-state index is 11.3. The summed E-state index contributed by atoms with van der Waals surface area (Å²) in [7, 11) is 1.63. The molecule has 0 aromatic heterocycles. The van der Waals surface area contributed by atoms with Crippen molar-refractivity contribution in [2.24, 2.45) is 0 Å². The van der Waals surface area contributed by atoms with Crippen molar-refractivity contribution in [2.75, 3.05) is 33.4 Å². The maximum absolute atomic E-state index is 11.3. The third-order valence-corrected chi connectivity index (χ3v) is 2.50. The molecule has 0 aliphatic carbocycles. The van der Waals surface area contributed by atoms with Gasteiger partial charge in [-0.15, -0.1) is 0 Å². The van der Waals surface area contributed by atoms with Crippen molar-refractivity contribution in [1.82, 2.24) is 10.6 Å². The van der Waals surface area contributed by atoms with Gasteiger partial charge in [-0.3, -0.25) is 0 Å². The SMILES string of the molecule is COCCCNC(=O)NCCOc1cccc(Cl)c1. The summed E-state index contributed by atoms with van der Waals surface area (Å²) in [5.74, 6) is 0.690. The minimum absolute atomic E-state index is 0.203. The number of amides is 2. The average molecular weight is 287 g/mol. The van der Waals surface area contributed by atoms with Gasteiger partial charge in [0.25, 0.3) is 0 Å². The Balaban J connectivity index is 2.05. The normalized spacial score (nSPS) is 10.0. The average Bonchev–Trinajstić information content (AvgIpc) is 2.40. The van der Waals surface area contributed by atoms with Crippen LogP contribution in [0.1, 0.15) is 6.42 Å². The van der Waals surface area contributed by atoms with Crippen LogP contribution in [0.5, 0.6) is 5.75 Å². The molecule has 0 unspecified atom stereocenters. The predicted octanol–water partition coefficient (Wildman–Crippen LogP) is 2.05. The molecule has 0 spiro atoms. The van der Waals surface area contributed by atoms with Crippen molar-refractivity contribution in [1.29, 1.82) is 0 Å². The van der Waals surface area contributed by atoms with Crippen LogP contribution in [-0.4, -0.2) is 39.4 Å².